The van der Waals surface area contributed by atoms with E-state index in [2.05, 4.69) is 31.8 Å². The maximum absolute atomic E-state index is 13.6. The first-order chi connectivity index (χ1) is 20.4. The number of hydrogen-bond donors (Lipinski definition) is 3. The molecular formula is C34H37N5O3. The molecule has 0 spiro atoms. The van der Waals surface area contributed by atoms with Gasteiger partial charge in [-0.05, 0) is 61.4 Å². The zero-order valence-electron chi connectivity index (χ0n) is 24.3. The van der Waals surface area contributed by atoms with E-state index in [1.54, 1.807) is 13.2 Å². The minimum absolute atomic E-state index is 0.195. The van der Waals surface area contributed by atoms with Crippen LogP contribution in [0.4, 0.5) is 27.5 Å². The van der Waals surface area contributed by atoms with Gasteiger partial charge in [-0.3, -0.25) is 4.79 Å². The fraction of sp³-hybridized carbons (Fsp3) is 0.235. The van der Waals surface area contributed by atoms with Gasteiger partial charge in [0.2, 0.25) is 0 Å². The average Bonchev–Trinajstić information content (AvgIpc) is 3.02. The molecule has 1 heterocycles. The Morgan fingerprint density at radius 2 is 1.45 bits per heavy atom. The quantitative estimate of drug-likeness (QED) is 0.237. The molecule has 3 amide bonds. The van der Waals surface area contributed by atoms with Crippen LogP contribution in [-0.4, -0.2) is 45.2 Å². The number of hydrogen-bond acceptors (Lipinski definition) is 5. The minimum Gasteiger partial charge on any atom is -0.495 e. The van der Waals surface area contributed by atoms with Crippen molar-refractivity contribution in [3.05, 3.63) is 113 Å². The lowest BCUT2D eigenvalue weighted by Gasteiger charge is -2.38. The highest BCUT2D eigenvalue weighted by molar-refractivity contribution is 6.04. The summed E-state index contributed by atoms with van der Waals surface area (Å²) in [5, 5.41) is 8.87. The Balaban J connectivity index is 1.34. The van der Waals surface area contributed by atoms with Gasteiger partial charge < -0.3 is 30.5 Å². The zero-order valence-corrected chi connectivity index (χ0v) is 24.3. The number of anilines is 4. The van der Waals surface area contributed by atoms with E-state index in [4.69, 9.17) is 4.74 Å². The van der Waals surface area contributed by atoms with Crippen molar-refractivity contribution in [2.24, 2.45) is 0 Å². The van der Waals surface area contributed by atoms with Crippen molar-refractivity contribution in [1.29, 1.82) is 0 Å². The number of para-hydroxylation sites is 2. The molecule has 1 saturated heterocycles. The van der Waals surface area contributed by atoms with Crippen molar-refractivity contribution in [3.8, 4) is 5.75 Å². The Morgan fingerprint density at radius 3 is 2.17 bits per heavy atom. The van der Waals surface area contributed by atoms with E-state index in [1.165, 1.54) is 0 Å². The standard InChI is InChI=1S/C34H37N5O3/c1-24-13-15-29(25(2)21-24)37-34(41)36-27-14-16-30(28(22-27)33(40)35-23-26-9-5-4-6-10-26)38-17-19-39(20-18-38)31-11-7-8-12-32(31)42-3/h4-16,21-22H,17-20,23H2,1-3H3,(H,35,40)(H2,36,37,41). The highest BCUT2D eigenvalue weighted by Crippen LogP contribution is 2.31. The van der Waals surface area contributed by atoms with Crippen LogP contribution in [0.2, 0.25) is 0 Å². The van der Waals surface area contributed by atoms with E-state index < -0.39 is 0 Å². The SMILES string of the molecule is COc1ccccc1N1CCN(c2ccc(NC(=O)Nc3ccc(C)cc3C)cc2C(=O)NCc2ccccc2)CC1. The predicted molar refractivity (Wildman–Crippen MR) is 170 cm³/mol. The summed E-state index contributed by atoms with van der Waals surface area (Å²) < 4.78 is 5.57. The second-order valence-corrected chi connectivity index (χ2v) is 10.4. The molecular weight excluding hydrogens is 526 g/mol. The summed E-state index contributed by atoms with van der Waals surface area (Å²) in [5.41, 5.74) is 6.82. The third-order valence-electron chi connectivity index (χ3n) is 7.47. The van der Waals surface area contributed by atoms with Crippen molar-refractivity contribution in [3.63, 3.8) is 0 Å². The number of amides is 3. The summed E-state index contributed by atoms with van der Waals surface area (Å²) in [7, 11) is 1.69. The molecule has 1 aliphatic rings. The summed E-state index contributed by atoms with van der Waals surface area (Å²) in [6, 6.07) is 28.9. The van der Waals surface area contributed by atoms with E-state index >= 15 is 0 Å². The summed E-state index contributed by atoms with van der Waals surface area (Å²) in [6.45, 7) is 7.41. The molecule has 0 bridgehead atoms. The van der Waals surface area contributed by atoms with Crippen LogP contribution in [0.25, 0.3) is 0 Å². The van der Waals surface area contributed by atoms with Crippen LogP contribution in [0.3, 0.4) is 0 Å². The number of rotatable bonds is 8. The van der Waals surface area contributed by atoms with E-state index in [1.807, 2.05) is 92.7 Å². The van der Waals surface area contributed by atoms with Crippen LogP contribution in [0, 0.1) is 13.8 Å². The van der Waals surface area contributed by atoms with Gasteiger partial charge in [-0.15, -0.1) is 0 Å². The van der Waals surface area contributed by atoms with Crippen LogP contribution >= 0.6 is 0 Å². The van der Waals surface area contributed by atoms with Gasteiger partial charge >= 0.3 is 6.03 Å². The van der Waals surface area contributed by atoms with Crippen LogP contribution in [0.5, 0.6) is 5.75 Å². The number of nitrogens with zero attached hydrogens (tertiary/aromatic N) is 2. The van der Waals surface area contributed by atoms with Crippen LogP contribution < -0.4 is 30.5 Å². The number of carbonyl (C=O) groups is 2. The number of piperazine rings is 1. The lowest BCUT2D eigenvalue weighted by atomic mass is 10.1. The van der Waals surface area contributed by atoms with Crippen molar-refractivity contribution in [2.45, 2.75) is 20.4 Å². The number of urea groups is 1. The van der Waals surface area contributed by atoms with Gasteiger partial charge in [-0.2, -0.15) is 0 Å². The maximum Gasteiger partial charge on any atom is 0.323 e. The Labute approximate surface area is 247 Å². The number of methoxy groups -OCH3 is 1. The zero-order chi connectivity index (χ0) is 29.5. The molecule has 4 aromatic carbocycles. The Hall–Kier alpha value is -4.98. The van der Waals surface area contributed by atoms with E-state index in [0.717, 1.165) is 65.7 Å². The first-order valence-electron chi connectivity index (χ1n) is 14.2. The first kappa shape index (κ1) is 28.5. The Kier molecular flexibility index (Phi) is 8.92. The van der Waals surface area contributed by atoms with E-state index in [0.29, 0.717) is 17.8 Å². The summed E-state index contributed by atoms with van der Waals surface area (Å²) >= 11 is 0. The summed E-state index contributed by atoms with van der Waals surface area (Å²) in [6.07, 6.45) is 0. The smallest absolute Gasteiger partial charge is 0.323 e. The topological polar surface area (TPSA) is 85.9 Å². The Bertz CT molecular complexity index is 1550. The van der Waals surface area contributed by atoms with Gasteiger partial charge in [0.05, 0.1) is 18.4 Å². The lowest BCUT2D eigenvalue weighted by molar-refractivity contribution is 0.0951. The molecule has 42 heavy (non-hydrogen) atoms. The molecule has 0 unspecified atom stereocenters. The highest BCUT2D eigenvalue weighted by Gasteiger charge is 2.24. The fourth-order valence-electron chi connectivity index (χ4n) is 5.26. The van der Waals surface area contributed by atoms with Crippen LogP contribution in [-0.2, 0) is 6.54 Å². The average molecular weight is 564 g/mol. The molecule has 0 aromatic heterocycles. The Morgan fingerprint density at radius 1 is 0.762 bits per heavy atom. The monoisotopic (exact) mass is 563 g/mol. The largest absolute Gasteiger partial charge is 0.495 e. The van der Waals surface area contributed by atoms with Crippen molar-refractivity contribution in [2.75, 3.05) is 53.7 Å². The summed E-state index contributed by atoms with van der Waals surface area (Å²) in [4.78, 5) is 31.0. The van der Waals surface area contributed by atoms with Crippen molar-refractivity contribution in [1.82, 2.24) is 5.32 Å². The molecule has 5 rings (SSSR count). The van der Waals surface area contributed by atoms with Crippen molar-refractivity contribution < 1.29 is 14.3 Å². The number of benzene rings is 4. The number of carbonyl (C=O) groups excluding carboxylic acids is 2. The number of aryl methyl sites for hydroxylation is 2. The van der Waals surface area contributed by atoms with Crippen LogP contribution in [0.15, 0.2) is 91.0 Å². The fourth-order valence-corrected chi connectivity index (χ4v) is 5.26. The van der Waals surface area contributed by atoms with Gasteiger partial charge in [-0.25, -0.2) is 4.79 Å². The number of nitrogens with one attached hydrogen (secondary N) is 3. The second-order valence-electron chi connectivity index (χ2n) is 10.4. The van der Waals surface area contributed by atoms with Gasteiger partial charge in [0.15, 0.2) is 0 Å². The molecule has 1 fully saturated rings. The molecule has 0 atom stereocenters. The first-order valence-corrected chi connectivity index (χ1v) is 14.2. The third-order valence-corrected chi connectivity index (χ3v) is 7.47. The minimum atomic E-state index is -0.365. The van der Waals surface area contributed by atoms with E-state index in [-0.39, 0.29) is 11.9 Å². The molecule has 0 radical (unpaired) electrons. The van der Waals surface area contributed by atoms with Crippen molar-refractivity contribution >= 4 is 34.7 Å². The summed E-state index contributed by atoms with van der Waals surface area (Å²) in [5.74, 6) is 0.654. The van der Waals surface area contributed by atoms with Gasteiger partial charge in [-0.1, -0.05) is 60.2 Å². The molecule has 8 nitrogen and oxygen atoms in total. The van der Waals surface area contributed by atoms with E-state index in [9.17, 15) is 9.59 Å². The molecule has 8 heteroatoms. The van der Waals surface area contributed by atoms with Gasteiger partial charge in [0.25, 0.3) is 5.91 Å². The van der Waals surface area contributed by atoms with Crippen LogP contribution in [0.1, 0.15) is 27.0 Å². The molecule has 0 aliphatic carbocycles. The molecule has 1 aliphatic heterocycles. The maximum atomic E-state index is 13.6. The molecule has 4 aromatic rings. The normalized spacial score (nSPS) is 12.9. The van der Waals surface area contributed by atoms with Gasteiger partial charge in [0, 0.05) is 49.8 Å². The lowest BCUT2D eigenvalue weighted by Crippen LogP contribution is -2.47. The molecule has 3 N–H and O–H groups in total. The van der Waals surface area contributed by atoms with Gasteiger partial charge in [0.1, 0.15) is 5.75 Å². The molecule has 0 saturated carbocycles. The second kappa shape index (κ2) is 13.1. The predicted octanol–water partition coefficient (Wildman–Crippen LogP) is 6.21. The highest BCUT2D eigenvalue weighted by atomic mass is 16.5. The molecule has 216 valence electrons. The number of ether oxygens (including phenoxy) is 1. The third kappa shape index (κ3) is 6.83.